The minimum Gasteiger partial charge on any atom is -0.381 e. The Balaban J connectivity index is 2.12. The zero-order chi connectivity index (χ0) is 10.2. The first kappa shape index (κ1) is 9.45. The number of nitrogens with two attached hydrogens (primary N) is 1. The van der Waals surface area contributed by atoms with Crippen molar-refractivity contribution >= 4 is 15.7 Å². The average molecular weight is 216 g/mol. The summed E-state index contributed by atoms with van der Waals surface area (Å²) in [5, 5.41) is 7.01. The number of nitrogen functional groups attached to an aromatic ring is 1. The third-order valence-corrected chi connectivity index (χ3v) is 4.67. The van der Waals surface area contributed by atoms with Gasteiger partial charge >= 0.3 is 0 Å². The van der Waals surface area contributed by atoms with E-state index in [9.17, 15) is 8.42 Å². The molecule has 6 nitrogen and oxygen atoms in total. The van der Waals surface area contributed by atoms with Crippen LogP contribution >= 0.6 is 0 Å². The number of hydrogen-bond acceptors (Lipinski definition) is 5. The topological polar surface area (TPSA) is 90.9 Å². The van der Waals surface area contributed by atoms with Crippen molar-refractivity contribution in [3.8, 4) is 0 Å². The van der Waals surface area contributed by atoms with Crippen molar-refractivity contribution in [1.29, 1.82) is 0 Å². The largest absolute Gasteiger partial charge is 0.381 e. The van der Waals surface area contributed by atoms with Crippen molar-refractivity contribution in [2.45, 2.75) is 24.6 Å². The Morgan fingerprint density at radius 3 is 2.93 bits per heavy atom. The molecule has 7 heteroatoms. The van der Waals surface area contributed by atoms with Gasteiger partial charge in [0.25, 0.3) is 0 Å². The molecular formula is C7H12N4O2S. The molecule has 0 saturated carbocycles. The summed E-state index contributed by atoms with van der Waals surface area (Å²) in [4.78, 5) is 0. The van der Waals surface area contributed by atoms with E-state index < -0.39 is 9.84 Å². The van der Waals surface area contributed by atoms with E-state index in [1.54, 1.807) is 6.20 Å². The molecule has 0 aliphatic carbocycles. The average Bonchev–Trinajstić information content (AvgIpc) is 2.61. The SMILES string of the molecule is Nc1cn(CC2CCCS2(=O)=O)nn1. The van der Waals surface area contributed by atoms with E-state index in [0.29, 0.717) is 24.5 Å². The third-order valence-electron chi connectivity index (χ3n) is 2.41. The van der Waals surface area contributed by atoms with Crippen LogP contribution in [0.3, 0.4) is 0 Å². The monoisotopic (exact) mass is 216 g/mol. The smallest absolute Gasteiger partial charge is 0.165 e. The predicted octanol–water partition coefficient (Wildman–Crippen LogP) is -0.562. The van der Waals surface area contributed by atoms with Gasteiger partial charge in [-0.1, -0.05) is 5.21 Å². The number of sulfone groups is 1. The Morgan fingerprint density at radius 1 is 1.64 bits per heavy atom. The zero-order valence-corrected chi connectivity index (χ0v) is 8.44. The zero-order valence-electron chi connectivity index (χ0n) is 7.63. The summed E-state index contributed by atoms with van der Waals surface area (Å²) in [6.07, 6.45) is 3.01. The van der Waals surface area contributed by atoms with Gasteiger partial charge in [-0.25, -0.2) is 13.1 Å². The van der Waals surface area contributed by atoms with Crippen molar-refractivity contribution in [1.82, 2.24) is 15.0 Å². The van der Waals surface area contributed by atoms with Gasteiger partial charge in [0.05, 0.1) is 23.7 Å². The number of rotatable bonds is 2. The minimum absolute atomic E-state index is 0.293. The van der Waals surface area contributed by atoms with Crippen LogP contribution in [-0.2, 0) is 16.4 Å². The fourth-order valence-corrected chi connectivity index (χ4v) is 3.48. The Labute approximate surface area is 82.0 Å². The standard InChI is InChI=1S/C7H12N4O2S/c8-7-5-11(10-9-7)4-6-2-1-3-14(6,12)13/h5-6H,1-4,8H2. The Kier molecular flexibility index (Phi) is 2.18. The van der Waals surface area contributed by atoms with Crippen molar-refractivity contribution in [3.63, 3.8) is 0 Å². The number of anilines is 1. The van der Waals surface area contributed by atoms with Gasteiger partial charge in [0, 0.05) is 0 Å². The Bertz CT molecular complexity index is 425. The van der Waals surface area contributed by atoms with Crippen LogP contribution in [0.5, 0.6) is 0 Å². The fraction of sp³-hybridized carbons (Fsp3) is 0.714. The van der Waals surface area contributed by atoms with Gasteiger partial charge in [-0.3, -0.25) is 0 Å². The van der Waals surface area contributed by atoms with Crippen molar-refractivity contribution in [2.75, 3.05) is 11.5 Å². The molecular weight excluding hydrogens is 204 g/mol. The lowest BCUT2D eigenvalue weighted by molar-refractivity contribution is 0.531. The molecule has 78 valence electrons. The summed E-state index contributed by atoms with van der Waals surface area (Å²) in [5.74, 6) is 0.613. The van der Waals surface area contributed by atoms with E-state index in [-0.39, 0.29) is 5.25 Å². The first-order valence-electron chi connectivity index (χ1n) is 4.45. The Hall–Kier alpha value is -1.11. The molecule has 1 saturated heterocycles. The van der Waals surface area contributed by atoms with Crippen LogP contribution in [-0.4, -0.2) is 34.4 Å². The highest BCUT2D eigenvalue weighted by atomic mass is 32.2. The van der Waals surface area contributed by atoms with Gasteiger partial charge < -0.3 is 5.73 Å². The third kappa shape index (κ3) is 1.72. The second kappa shape index (κ2) is 3.23. The van der Waals surface area contributed by atoms with Crippen LogP contribution in [0, 0.1) is 0 Å². The van der Waals surface area contributed by atoms with Crippen LogP contribution in [0.25, 0.3) is 0 Å². The van der Waals surface area contributed by atoms with E-state index in [1.165, 1.54) is 4.68 Å². The highest BCUT2D eigenvalue weighted by molar-refractivity contribution is 7.92. The van der Waals surface area contributed by atoms with E-state index in [2.05, 4.69) is 10.3 Å². The van der Waals surface area contributed by atoms with Gasteiger partial charge in [0.2, 0.25) is 0 Å². The number of hydrogen-bond donors (Lipinski definition) is 1. The van der Waals surface area contributed by atoms with Crippen LogP contribution in [0.4, 0.5) is 5.82 Å². The fourth-order valence-electron chi connectivity index (χ4n) is 1.67. The molecule has 2 heterocycles. The molecule has 1 atom stereocenters. The van der Waals surface area contributed by atoms with Crippen LogP contribution in [0.2, 0.25) is 0 Å². The maximum atomic E-state index is 11.5. The second-order valence-corrected chi connectivity index (χ2v) is 5.90. The first-order valence-corrected chi connectivity index (χ1v) is 6.17. The van der Waals surface area contributed by atoms with Gasteiger partial charge in [-0.05, 0) is 12.8 Å². The van der Waals surface area contributed by atoms with Crippen molar-refractivity contribution in [3.05, 3.63) is 6.20 Å². The summed E-state index contributed by atoms with van der Waals surface area (Å²) in [7, 11) is -2.91. The maximum Gasteiger partial charge on any atom is 0.165 e. The normalized spacial score (nSPS) is 25.3. The van der Waals surface area contributed by atoms with Crippen LogP contribution in [0.1, 0.15) is 12.8 Å². The van der Waals surface area contributed by atoms with Gasteiger partial charge in [0.1, 0.15) is 0 Å². The highest BCUT2D eigenvalue weighted by Crippen LogP contribution is 2.21. The van der Waals surface area contributed by atoms with Crippen LogP contribution < -0.4 is 5.73 Å². The van der Waals surface area contributed by atoms with Crippen molar-refractivity contribution in [2.24, 2.45) is 0 Å². The molecule has 0 amide bonds. The lowest BCUT2D eigenvalue weighted by atomic mass is 10.2. The maximum absolute atomic E-state index is 11.5. The quantitative estimate of drug-likeness (QED) is 0.715. The lowest BCUT2D eigenvalue weighted by Gasteiger charge is -2.07. The van der Waals surface area contributed by atoms with Crippen LogP contribution in [0.15, 0.2) is 6.20 Å². The second-order valence-electron chi connectivity index (χ2n) is 3.50. The molecule has 14 heavy (non-hydrogen) atoms. The molecule has 0 bridgehead atoms. The summed E-state index contributed by atoms with van der Waals surface area (Å²) in [5.41, 5.74) is 5.38. The van der Waals surface area contributed by atoms with E-state index in [1.807, 2.05) is 0 Å². The van der Waals surface area contributed by atoms with Gasteiger partial charge in [-0.15, -0.1) is 5.10 Å². The minimum atomic E-state index is -2.91. The highest BCUT2D eigenvalue weighted by Gasteiger charge is 2.31. The first-order chi connectivity index (χ1) is 6.58. The molecule has 0 spiro atoms. The summed E-state index contributed by atoms with van der Waals surface area (Å²) in [6, 6.07) is 0. The molecule has 1 aliphatic heterocycles. The van der Waals surface area contributed by atoms with E-state index >= 15 is 0 Å². The summed E-state index contributed by atoms with van der Waals surface area (Å²) in [6.45, 7) is 0.368. The number of aromatic nitrogens is 3. The molecule has 1 aromatic heterocycles. The molecule has 1 fully saturated rings. The lowest BCUT2D eigenvalue weighted by Crippen LogP contribution is -2.22. The molecule has 2 rings (SSSR count). The number of nitrogens with zero attached hydrogens (tertiary/aromatic N) is 3. The van der Waals surface area contributed by atoms with Crippen molar-refractivity contribution < 1.29 is 8.42 Å². The molecule has 1 aliphatic rings. The summed E-state index contributed by atoms with van der Waals surface area (Å²) < 4.78 is 24.4. The molecule has 1 aromatic rings. The van der Waals surface area contributed by atoms with E-state index in [4.69, 9.17) is 5.73 Å². The molecule has 0 aromatic carbocycles. The molecule has 1 unspecified atom stereocenters. The predicted molar refractivity (Wildman–Crippen MR) is 51.2 cm³/mol. The van der Waals surface area contributed by atoms with E-state index in [0.717, 1.165) is 6.42 Å². The Morgan fingerprint density at radius 2 is 2.43 bits per heavy atom. The summed E-state index contributed by atoms with van der Waals surface area (Å²) >= 11 is 0. The van der Waals surface area contributed by atoms with Gasteiger partial charge in [-0.2, -0.15) is 0 Å². The molecule has 0 radical (unpaired) electrons. The van der Waals surface area contributed by atoms with Gasteiger partial charge in [0.15, 0.2) is 15.7 Å². The molecule has 2 N–H and O–H groups in total.